The maximum absolute atomic E-state index is 12.0. The molecule has 0 unspecified atom stereocenters. The maximum atomic E-state index is 12.0. The quantitative estimate of drug-likeness (QED) is 0.751. The van der Waals surface area contributed by atoms with Crippen molar-refractivity contribution in [3.05, 3.63) is 52.8 Å². The van der Waals surface area contributed by atoms with E-state index in [0.29, 0.717) is 11.1 Å². The number of hydrogen-bond acceptors (Lipinski definition) is 5. The number of nitrogens with one attached hydrogen (secondary N) is 2. The lowest BCUT2D eigenvalue weighted by molar-refractivity contribution is -0.122. The Morgan fingerprint density at radius 1 is 1.12 bits per heavy atom. The molecule has 2 amide bonds. The Morgan fingerprint density at radius 3 is 2.28 bits per heavy atom. The predicted octanol–water partition coefficient (Wildman–Crippen LogP) is 0.506. The largest absolute Gasteiger partial charge is 0.271 e. The Labute approximate surface area is 146 Å². The molecule has 0 fully saturated rings. The molecule has 0 bridgehead atoms. The molecule has 1 heterocycles. The topological polar surface area (TPSA) is 110 Å². The van der Waals surface area contributed by atoms with Gasteiger partial charge in [0.1, 0.15) is 6.54 Å². The Bertz CT molecular complexity index is 885. The van der Waals surface area contributed by atoms with Gasteiger partial charge in [0, 0.05) is 17.5 Å². The van der Waals surface area contributed by atoms with E-state index in [9.17, 15) is 18.0 Å². The first-order chi connectivity index (χ1) is 11.6. The lowest BCUT2D eigenvalue weighted by Gasteiger charge is -2.09. The van der Waals surface area contributed by atoms with Crippen LogP contribution in [0.25, 0.3) is 0 Å². The second-order valence-corrected chi connectivity index (χ2v) is 7.99. The summed E-state index contributed by atoms with van der Waals surface area (Å²) in [5.74, 6) is -0.991. The Balaban J connectivity index is 1.89. The van der Waals surface area contributed by atoms with Crippen LogP contribution in [0, 0.1) is 13.8 Å². The highest BCUT2D eigenvalue weighted by Gasteiger charge is 2.11. The zero-order chi connectivity index (χ0) is 18.6. The summed E-state index contributed by atoms with van der Waals surface area (Å²) in [6.45, 7) is 3.66. The molecule has 2 N–H and O–H groups in total. The molecule has 9 heteroatoms. The summed E-state index contributed by atoms with van der Waals surface area (Å²) in [5, 5.41) is 4.17. The molecule has 2 rings (SSSR count). The number of benzene rings is 1. The van der Waals surface area contributed by atoms with Gasteiger partial charge in [0.05, 0.1) is 11.4 Å². The minimum Gasteiger partial charge on any atom is -0.271 e. The summed E-state index contributed by atoms with van der Waals surface area (Å²) in [5.41, 5.74) is 7.19. The van der Waals surface area contributed by atoms with Crippen LogP contribution in [0.3, 0.4) is 0 Å². The number of aromatic nitrogens is 2. The van der Waals surface area contributed by atoms with E-state index in [1.54, 1.807) is 12.1 Å². The monoisotopic (exact) mass is 364 g/mol. The molecule has 1 aromatic heterocycles. The normalized spacial score (nSPS) is 11.2. The van der Waals surface area contributed by atoms with Crippen LogP contribution in [0.15, 0.2) is 30.3 Å². The standard InChI is InChI=1S/C16H20N4O4S/c1-11-8-12(2)20(19-11)9-15(21)17-18-16(22)14-6-4-13(5-7-14)10-25(3,23)24/h4-8H,9-10H2,1-3H3,(H,17,21)(H,18,22). The number of amides is 2. The van der Waals surface area contributed by atoms with Crippen LogP contribution >= 0.6 is 0 Å². The second kappa shape index (κ2) is 7.47. The summed E-state index contributed by atoms with van der Waals surface area (Å²) in [7, 11) is -3.13. The van der Waals surface area contributed by atoms with Crippen LogP contribution in [0.2, 0.25) is 0 Å². The number of nitrogens with zero attached hydrogens (tertiary/aromatic N) is 2. The van der Waals surface area contributed by atoms with E-state index in [2.05, 4.69) is 16.0 Å². The lowest BCUT2D eigenvalue weighted by Crippen LogP contribution is -2.43. The van der Waals surface area contributed by atoms with E-state index in [0.717, 1.165) is 17.6 Å². The fraction of sp³-hybridized carbons (Fsp3) is 0.312. The van der Waals surface area contributed by atoms with Crippen molar-refractivity contribution in [2.24, 2.45) is 0 Å². The summed E-state index contributed by atoms with van der Waals surface area (Å²) in [6.07, 6.45) is 1.14. The Kier molecular flexibility index (Phi) is 5.58. The zero-order valence-electron chi connectivity index (χ0n) is 14.2. The molecule has 25 heavy (non-hydrogen) atoms. The van der Waals surface area contributed by atoms with E-state index >= 15 is 0 Å². The third-order valence-corrected chi connectivity index (χ3v) is 4.21. The third kappa shape index (κ3) is 5.71. The van der Waals surface area contributed by atoms with Crippen molar-refractivity contribution in [3.63, 3.8) is 0 Å². The fourth-order valence-electron chi connectivity index (χ4n) is 2.26. The highest BCUT2D eigenvalue weighted by atomic mass is 32.2. The molecule has 1 aromatic carbocycles. The summed E-state index contributed by atoms with van der Waals surface area (Å²) >= 11 is 0. The van der Waals surface area contributed by atoms with Gasteiger partial charge in [0.25, 0.3) is 11.8 Å². The Morgan fingerprint density at radius 2 is 1.76 bits per heavy atom. The van der Waals surface area contributed by atoms with E-state index in [-0.39, 0.29) is 12.3 Å². The van der Waals surface area contributed by atoms with Crippen LogP contribution < -0.4 is 10.9 Å². The highest BCUT2D eigenvalue weighted by Crippen LogP contribution is 2.07. The van der Waals surface area contributed by atoms with E-state index < -0.39 is 21.7 Å². The number of aryl methyl sites for hydroxylation is 2. The maximum Gasteiger partial charge on any atom is 0.269 e. The van der Waals surface area contributed by atoms with Crippen LogP contribution in [0.5, 0.6) is 0 Å². The molecule has 0 atom stereocenters. The average molecular weight is 364 g/mol. The SMILES string of the molecule is Cc1cc(C)n(CC(=O)NNC(=O)c2ccc(CS(C)(=O)=O)cc2)n1. The molecular weight excluding hydrogens is 344 g/mol. The van der Waals surface area contributed by atoms with Gasteiger partial charge in [0.2, 0.25) is 0 Å². The number of carbonyl (C=O) groups is 2. The molecule has 8 nitrogen and oxygen atoms in total. The first kappa shape index (κ1) is 18.7. The van der Waals surface area contributed by atoms with Gasteiger partial charge in [0.15, 0.2) is 9.84 Å². The van der Waals surface area contributed by atoms with Crippen LogP contribution in [-0.2, 0) is 26.9 Å². The Hall–Kier alpha value is -2.68. The molecule has 0 aliphatic carbocycles. The molecule has 0 radical (unpaired) electrons. The molecule has 0 saturated heterocycles. The molecule has 134 valence electrons. The van der Waals surface area contributed by atoms with Gasteiger partial charge in [-0.15, -0.1) is 0 Å². The molecule has 0 aliphatic heterocycles. The second-order valence-electron chi connectivity index (χ2n) is 5.85. The summed E-state index contributed by atoms with van der Waals surface area (Å²) < 4.78 is 24.0. The van der Waals surface area contributed by atoms with Crippen molar-refractivity contribution in [3.8, 4) is 0 Å². The minimum absolute atomic E-state index is 0.00670. The van der Waals surface area contributed by atoms with Gasteiger partial charge in [-0.2, -0.15) is 5.10 Å². The molecule has 0 saturated carbocycles. The average Bonchev–Trinajstić information content (AvgIpc) is 2.81. The first-order valence-corrected chi connectivity index (χ1v) is 9.57. The van der Waals surface area contributed by atoms with Crippen LogP contribution in [-0.4, -0.2) is 36.3 Å². The van der Waals surface area contributed by atoms with Crippen molar-refractivity contribution in [2.45, 2.75) is 26.1 Å². The predicted molar refractivity (Wildman–Crippen MR) is 92.3 cm³/mol. The molecule has 2 aromatic rings. The number of sulfone groups is 1. The van der Waals surface area contributed by atoms with Crippen molar-refractivity contribution < 1.29 is 18.0 Å². The van der Waals surface area contributed by atoms with Gasteiger partial charge < -0.3 is 0 Å². The first-order valence-electron chi connectivity index (χ1n) is 7.51. The van der Waals surface area contributed by atoms with Gasteiger partial charge in [-0.3, -0.25) is 25.1 Å². The van der Waals surface area contributed by atoms with E-state index in [1.807, 2.05) is 19.9 Å². The zero-order valence-corrected chi connectivity index (χ0v) is 15.1. The lowest BCUT2D eigenvalue weighted by atomic mass is 10.1. The van der Waals surface area contributed by atoms with Crippen molar-refractivity contribution in [1.82, 2.24) is 20.6 Å². The number of rotatable bonds is 5. The fourth-order valence-corrected chi connectivity index (χ4v) is 3.06. The smallest absolute Gasteiger partial charge is 0.269 e. The molecular formula is C16H20N4O4S. The van der Waals surface area contributed by atoms with Crippen molar-refractivity contribution >= 4 is 21.7 Å². The van der Waals surface area contributed by atoms with Gasteiger partial charge >= 0.3 is 0 Å². The summed E-state index contributed by atoms with van der Waals surface area (Å²) in [6, 6.07) is 7.98. The van der Waals surface area contributed by atoms with E-state index in [4.69, 9.17) is 0 Å². The van der Waals surface area contributed by atoms with Crippen LogP contribution in [0.1, 0.15) is 27.3 Å². The number of hydrazine groups is 1. The highest BCUT2D eigenvalue weighted by molar-refractivity contribution is 7.89. The minimum atomic E-state index is -3.13. The van der Waals surface area contributed by atoms with E-state index in [1.165, 1.54) is 16.8 Å². The van der Waals surface area contributed by atoms with Crippen molar-refractivity contribution in [2.75, 3.05) is 6.26 Å². The third-order valence-electron chi connectivity index (χ3n) is 3.36. The number of hydrogen-bond donors (Lipinski definition) is 2. The van der Waals surface area contributed by atoms with Crippen molar-refractivity contribution in [1.29, 1.82) is 0 Å². The summed E-state index contributed by atoms with van der Waals surface area (Å²) in [4.78, 5) is 23.9. The van der Waals surface area contributed by atoms with Gasteiger partial charge in [-0.25, -0.2) is 8.42 Å². The molecule has 0 aliphatic rings. The van der Waals surface area contributed by atoms with Gasteiger partial charge in [-0.1, -0.05) is 12.1 Å². The number of carbonyl (C=O) groups excluding carboxylic acids is 2. The van der Waals surface area contributed by atoms with Crippen LogP contribution in [0.4, 0.5) is 0 Å². The van der Waals surface area contributed by atoms with Gasteiger partial charge in [-0.05, 0) is 37.6 Å². The molecule has 0 spiro atoms.